The molecule has 1 aromatic heterocycles. The Morgan fingerprint density at radius 3 is 2.96 bits per heavy atom. The van der Waals surface area contributed by atoms with Crippen LogP contribution in [-0.2, 0) is 11.3 Å². The molecule has 120 valence electrons. The molecule has 1 aliphatic rings. The zero-order valence-corrected chi connectivity index (χ0v) is 13.1. The lowest BCUT2D eigenvalue weighted by atomic mass is 9.89. The summed E-state index contributed by atoms with van der Waals surface area (Å²) in [5, 5.41) is 16.3. The molecule has 1 N–H and O–H groups in total. The fraction of sp³-hybridized carbons (Fsp3) is 0.438. The van der Waals surface area contributed by atoms with E-state index in [9.17, 15) is 4.79 Å². The summed E-state index contributed by atoms with van der Waals surface area (Å²) in [6, 6.07) is 9.54. The largest absolute Gasteiger partial charge is 0.271 e. The van der Waals surface area contributed by atoms with Gasteiger partial charge in [0.2, 0.25) is 5.82 Å². The highest BCUT2D eigenvalue weighted by molar-refractivity contribution is 5.88. The number of aromatic nitrogens is 4. The van der Waals surface area contributed by atoms with Crippen molar-refractivity contribution in [3.8, 4) is 11.4 Å². The summed E-state index contributed by atoms with van der Waals surface area (Å²) in [5.74, 6) is 0.705. The van der Waals surface area contributed by atoms with E-state index in [4.69, 9.17) is 0 Å². The molecule has 0 bridgehead atoms. The van der Waals surface area contributed by atoms with Gasteiger partial charge in [0, 0.05) is 11.3 Å². The molecule has 7 heteroatoms. The number of amides is 1. The molecule has 1 amide bonds. The summed E-state index contributed by atoms with van der Waals surface area (Å²) < 4.78 is 0. The average Bonchev–Trinajstić information content (AvgIpc) is 3.03. The summed E-state index contributed by atoms with van der Waals surface area (Å²) in [5.41, 5.74) is 4.54. The third kappa shape index (κ3) is 4.00. The van der Waals surface area contributed by atoms with Crippen LogP contribution >= 0.6 is 0 Å². The van der Waals surface area contributed by atoms with E-state index in [2.05, 4.69) is 32.9 Å². The third-order valence-corrected chi connectivity index (χ3v) is 3.98. The van der Waals surface area contributed by atoms with Crippen LogP contribution in [0.3, 0.4) is 0 Å². The second kappa shape index (κ2) is 7.13. The Labute approximate surface area is 134 Å². The van der Waals surface area contributed by atoms with Crippen molar-refractivity contribution in [2.45, 2.75) is 39.2 Å². The fourth-order valence-electron chi connectivity index (χ4n) is 2.65. The Morgan fingerprint density at radius 1 is 1.35 bits per heavy atom. The van der Waals surface area contributed by atoms with Gasteiger partial charge in [-0.1, -0.05) is 43.7 Å². The molecule has 1 atom stereocenters. The first-order valence-electron chi connectivity index (χ1n) is 7.91. The van der Waals surface area contributed by atoms with Gasteiger partial charge in [0.25, 0.3) is 5.91 Å². The van der Waals surface area contributed by atoms with Crippen molar-refractivity contribution >= 4 is 11.6 Å². The highest BCUT2D eigenvalue weighted by Crippen LogP contribution is 2.20. The number of tetrazole rings is 1. The highest BCUT2D eigenvalue weighted by atomic mass is 16.2. The Bertz CT molecular complexity index is 694. The topological polar surface area (TPSA) is 85.1 Å². The maximum absolute atomic E-state index is 12.0. The number of hydrogen-bond donors (Lipinski definition) is 1. The third-order valence-electron chi connectivity index (χ3n) is 3.98. The van der Waals surface area contributed by atoms with Gasteiger partial charge < -0.3 is 0 Å². The lowest BCUT2D eigenvalue weighted by molar-refractivity contribution is -0.122. The minimum absolute atomic E-state index is 0.00495. The molecule has 0 radical (unpaired) electrons. The number of carbonyl (C=O) groups is 1. The highest BCUT2D eigenvalue weighted by Gasteiger charge is 2.16. The van der Waals surface area contributed by atoms with Crippen LogP contribution in [0.1, 0.15) is 32.6 Å². The van der Waals surface area contributed by atoms with Crippen LogP contribution in [0.25, 0.3) is 11.4 Å². The molecule has 1 heterocycles. The number of nitrogens with zero attached hydrogens (tertiary/aromatic N) is 5. The second-order valence-electron chi connectivity index (χ2n) is 5.79. The maximum Gasteiger partial charge on any atom is 0.263 e. The van der Waals surface area contributed by atoms with Gasteiger partial charge >= 0.3 is 0 Å². The van der Waals surface area contributed by atoms with Crippen LogP contribution in [0.15, 0.2) is 35.4 Å². The van der Waals surface area contributed by atoms with E-state index in [1.54, 1.807) is 0 Å². The number of hydrogen-bond acceptors (Lipinski definition) is 5. The van der Waals surface area contributed by atoms with Gasteiger partial charge in [-0.25, -0.2) is 5.43 Å². The van der Waals surface area contributed by atoms with E-state index in [-0.39, 0.29) is 12.5 Å². The minimum Gasteiger partial charge on any atom is -0.271 e. The molecule has 23 heavy (non-hydrogen) atoms. The van der Waals surface area contributed by atoms with Gasteiger partial charge in [-0.3, -0.25) is 4.79 Å². The van der Waals surface area contributed by atoms with Gasteiger partial charge in [0.15, 0.2) is 0 Å². The molecule has 1 saturated carbocycles. The standard InChI is InChI=1S/C16H20N6O/c1-12-7-5-6-10-14(12)17-18-15(23)11-22-20-16(19-21-22)13-8-3-2-4-9-13/h2-4,8-9,12H,5-7,10-11H2,1H3,(H,18,23)/t12-/m1/s1. The van der Waals surface area contributed by atoms with E-state index in [0.717, 1.165) is 30.5 Å². The lowest BCUT2D eigenvalue weighted by Gasteiger charge is -2.19. The lowest BCUT2D eigenvalue weighted by Crippen LogP contribution is -2.27. The molecule has 0 spiro atoms. The number of rotatable bonds is 4. The van der Waals surface area contributed by atoms with E-state index in [0.29, 0.717) is 11.7 Å². The molecule has 7 nitrogen and oxygen atoms in total. The van der Waals surface area contributed by atoms with Crippen LogP contribution in [0.2, 0.25) is 0 Å². The smallest absolute Gasteiger partial charge is 0.263 e. The summed E-state index contributed by atoms with van der Waals surface area (Å²) in [7, 11) is 0. The zero-order chi connectivity index (χ0) is 16.1. The van der Waals surface area contributed by atoms with Crippen molar-refractivity contribution in [1.29, 1.82) is 0 Å². The second-order valence-corrected chi connectivity index (χ2v) is 5.79. The van der Waals surface area contributed by atoms with Crippen molar-refractivity contribution in [2.24, 2.45) is 11.0 Å². The molecule has 0 saturated heterocycles. The van der Waals surface area contributed by atoms with E-state index < -0.39 is 0 Å². The molecule has 3 rings (SSSR count). The van der Waals surface area contributed by atoms with Crippen molar-refractivity contribution < 1.29 is 4.79 Å². The Balaban J connectivity index is 1.58. The average molecular weight is 312 g/mol. The monoisotopic (exact) mass is 312 g/mol. The SMILES string of the molecule is C[C@@H]1CCCCC1=NNC(=O)Cn1nnc(-c2ccccc2)n1. The molecule has 1 fully saturated rings. The molecule has 0 aliphatic heterocycles. The Morgan fingerprint density at radius 2 is 2.17 bits per heavy atom. The molecule has 1 aliphatic carbocycles. The predicted octanol–water partition coefficient (Wildman–Crippen LogP) is 2.02. The number of nitrogens with one attached hydrogen (secondary N) is 1. The molecular weight excluding hydrogens is 292 g/mol. The van der Waals surface area contributed by atoms with Crippen molar-refractivity contribution in [3.05, 3.63) is 30.3 Å². The first-order valence-corrected chi connectivity index (χ1v) is 7.91. The number of benzene rings is 1. The molecule has 2 aromatic rings. The number of carbonyl (C=O) groups excluding carboxylic acids is 1. The van der Waals surface area contributed by atoms with E-state index in [1.165, 1.54) is 11.2 Å². The predicted molar refractivity (Wildman–Crippen MR) is 86.5 cm³/mol. The maximum atomic E-state index is 12.0. The van der Waals surface area contributed by atoms with Gasteiger partial charge in [0.1, 0.15) is 6.54 Å². The van der Waals surface area contributed by atoms with Crippen molar-refractivity contribution in [2.75, 3.05) is 0 Å². The van der Waals surface area contributed by atoms with Gasteiger partial charge in [-0.15, -0.1) is 10.2 Å². The Hall–Kier alpha value is -2.57. The fourth-order valence-corrected chi connectivity index (χ4v) is 2.65. The van der Waals surface area contributed by atoms with Gasteiger partial charge in [-0.05, 0) is 30.4 Å². The Kier molecular flexibility index (Phi) is 4.75. The molecule has 1 aromatic carbocycles. The van der Waals surface area contributed by atoms with Crippen LogP contribution < -0.4 is 5.43 Å². The van der Waals surface area contributed by atoms with E-state index in [1.807, 2.05) is 30.3 Å². The van der Waals surface area contributed by atoms with Crippen molar-refractivity contribution in [3.63, 3.8) is 0 Å². The normalized spacial score (nSPS) is 19.7. The summed E-state index contributed by atoms with van der Waals surface area (Å²) in [6.07, 6.45) is 4.48. The van der Waals surface area contributed by atoms with Crippen LogP contribution in [0, 0.1) is 5.92 Å². The zero-order valence-electron chi connectivity index (χ0n) is 13.1. The van der Waals surface area contributed by atoms with E-state index >= 15 is 0 Å². The molecule has 0 unspecified atom stereocenters. The minimum atomic E-state index is -0.243. The quantitative estimate of drug-likeness (QED) is 0.875. The summed E-state index contributed by atoms with van der Waals surface area (Å²) in [6.45, 7) is 2.15. The number of hydrazone groups is 1. The van der Waals surface area contributed by atoms with Gasteiger partial charge in [-0.2, -0.15) is 9.90 Å². The molecular formula is C16H20N6O. The van der Waals surface area contributed by atoms with Crippen LogP contribution in [0.5, 0.6) is 0 Å². The summed E-state index contributed by atoms with van der Waals surface area (Å²) in [4.78, 5) is 13.2. The van der Waals surface area contributed by atoms with Crippen LogP contribution in [-0.4, -0.2) is 31.8 Å². The first-order chi connectivity index (χ1) is 11.2. The summed E-state index contributed by atoms with van der Waals surface area (Å²) >= 11 is 0. The van der Waals surface area contributed by atoms with Gasteiger partial charge in [0.05, 0.1) is 0 Å². The van der Waals surface area contributed by atoms with Crippen molar-refractivity contribution in [1.82, 2.24) is 25.6 Å². The first kappa shape index (κ1) is 15.3. The van der Waals surface area contributed by atoms with Crippen LogP contribution in [0.4, 0.5) is 0 Å².